The van der Waals surface area contributed by atoms with E-state index in [0.29, 0.717) is 0 Å². The summed E-state index contributed by atoms with van der Waals surface area (Å²) in [6.07, 6.45) is 0.801. The second-order valence-electron chi connectivity index (χ2n) is 1.94. The first kappa shape index (κ1) is 3.51. The number of ether oxygens (including phenoxy) is 1. The monoisotopic (exact) mass is 172 g/mol. The molecule has 0 fully saturated rings. The largest absolute Gasteiger partial charge is 0.465 e. The molecule has 1 rings (SSSR count). The SMILES string of the molecule is [2H]C([2H])([2H])c1ncnc(C([2H])([2H])[2H])c1C(=O)OC. The molecular formula is C8H10N2O2. The minimum absolute atomic E-state index is 0.625. The van der Waals surface area contributed by atoms with Crippen molar-refractivity contribution < 1.29 is 17.8 Å². The quantitative estimate of drug-likeness (QED) is 0.590. The van der Waals surface area contributed by atoms with Gasteiger partial charge in [-0.1, -0.05) is 0 Å². The molecule has 4 nitrogen and oxygen atoms in total. The number of aryl methyl sites for hydroxylation is 2. The van der Waals surface area contributed by atoms with E-state index in [1.54, 1.807) is 0 Å². The summed E-state index contributed by atoms with van der Waals surface area (Å²) in [5, 5.41) is 0. The van der Waals surface area contributed by atoms with E-state index < -0.39 is 36.6 Å². The molecule has 0 aliphatic carbocycles. The van der Waals surface area contributed by atoms with E-state index in [-0.39, 0.29) is 0 Å². The van der Waals surface area contributed by atoms with Gasteiger partial charge in [0, 0.05) is 8.22 Å². The molecule has 0 aromatic carbocycles. The molecule has 4 heteroatoms. The summed E-state index contributed by atoms with van der Waals surface area (Å²) in [6.45, 7) is -5.46. The van der Waals surface area contributed by atoms with Crippen molar-refractivity contribution in [3.63, 3.8) is 0 Å². The fourth-order valence-electron chi connectivity index (χ4n) is 0.681. The predicted molar refractivity (Wildman–Crippen MR) is 42.8 cm³/mol. The first-order chi connectivity index (χ1) is 8.09. The standard InChI is InChI=1S/C8H10N2O2/c1-5-7(8(11)12-3)6(2)10-4-9-5/h4H,1-3H3/i1D3,2D3. The van der Waals surface area contributed by atoms with Gasteiger partial charge in [0.1, 0.15) is 11.9 Å². The molecule has 0 saturated carbocycles. The molecule has 0 atom stereocenters. The number of esters is 1. The van der Waals surface area contributed by atoms with Crippen LogP contribution in [-0.2, 0) is 4.74 Å². The van der Waals surface area contributed by atoms with Gasteiger partial charge in [-0.2, -0.15) is 0 Å². The molecule has 0 spiro atoms. The Morgan fingerprint density at radius 3 is 2.50 bits per heavy atom. The molecule has 0 N–H and O–H groups in total. The lowest BCUT2D eigenvalue weighted by molar-refractivity contribution is 0.0598. The highest BCUT2D eigenvalue weighted by molar-refractivity contribution is 5.91. The van der Waals surface area contributed by atoms with Gasteiger partial charge in [-0.3, -0.25) is 0 Å². The molecule has 1 aromatic heterocycles. The van der Waals surface area contributed by atoms with E-state index in [9.17, 15) is 4.79 Å². The normalized spacial score (nSPS) is 19.1. The Balaban J connectivity index is 3.61. The maximum atomic E-state index is 11.5. The Bertz CT molecular complexity index is 435. The van der Waals surface area contributed by atoms with Crippen LogP contribution in [0.3, 0.4) is 0 Å². The van der Waals surface area contributed by atoms with Crippen LogP contribution in [0.5, 0.6) is 0 Å². The number of hydrogen-bond donors (Lipinski definition) is 0. The summed E-state index contributed by atoms with van der Waals surface area (Å²) in [4.78, 5) is 18.5. The second-order valence-corrected chi connectivity index (χ2v) is 1.94. The average Bonchev–Trinajstić information content (AvgIpc) is 2.24. The van der Waals surface area contributed by atoms with Gasteiger partial charge in [0.15, 0.2) is 0 Å². The predicted octanol–water partition coefficient (Wildman–Crippen LogP) is 0.880. The highest BCUT2D eigenvalue weighted by atomic mass is 16.5. The summed E-state index contributed by atoms with van der Waals surface area (Å²) < 4.78 is 47.8. The van der Waals surface area contributed by atoms with Crippen LogP contribution in [0, 0.1) is 13.7 Å². The maximum Gasteiger partial charge on any atom is 0.341 e. The van der Waals surface area contributed by atoms with Gasteiger partial charge in [0.05, 0.1) is 18.5 Å². The Hall–Kier alpha value is -1.45. The molecule has 0 radical (unpaired) electrons. The Kier molecular flexibility index (Phi) is 0.965. The number of nitrogens with zero attached hydrogens (tertiary/aromatic N) is 2. The van der Waals surface area contributed by atoms with E-state index in [1.165, 1.54) is 0 Å². The van der Waals surface area contributed by atoms with Gasteiger partial charge in [-0.15, -0.1) is 0 Å². The van der Waals surface area contributed by atoms with Crippen molar-refractivity contribution in [2.75, 3.05) is 7.11 Å². The van der Waals surface area contributed by atoms with Crippen molar-refractivity contribution in [2.24, 2.45) is 0 Å². The van der Waals surface area contributed by atoms with Crippen LogP contribution in [0.1, 0.15) is 30.0 Å². The van der Waals surface area contributed by atoms with Gasteiger partial charge in [0.25, 0.3) is 0 Å². The fourth-order valence-corrected chi connectivity index (χ4v) is 0.681. The molecule has 0 unspecified atom stereocenters. The summed E-state index contributed by atoms with van der Waals surface area (Å²) in [7, 11) is 1.02. The minimum atomic E-state index is -2.73. The molecule has 0 aliphatic heterocycles. The van der Waals surface area contributed by atoms with E-state index in [4.69, 9.17) is 8.22 Å². The third-order valence-corrected chi connectivity index (χ3v) is 1.24. The van der Waals surface area contributed by atoms with Crippen LogP contribution in [0.2, 0.25) is 0 Å². The van der Waals surface area contributed by atoms with Crippen molar-refractivity contribution in [1.82, 2.24) is 9.97 Å². The number of rotatable bonds is 1. The molecule has 0 saturated heterocycles. The van der Waals surface area contributed by atoms with Crippen molar-refractivity contribution in [2.45, 2.75) is 13.7 Å². The van der Waals surface area contributed by atoms with Crippen molar-refractivity contribution in [3.8, 4) is 0 Å². The number of carbonyl (C=O) groups is 1. The third-order valence-electron chi connectivity index (χ3n) is 1.24. The summed E-state index contributed by atoms with van der Waals surface area (Å²) in [5.41, 5.74) is -1.88. The van der Waals surface area contributed by atoms with E-state index >= 15 is 0 Å². The lowest BCUT2D eigenvalue weighted by Gasteiger charge is -2.03. The lowest BCUT2D eigenvalue weighted by atomic mass is 10.2. The van der Waals surface area contributed by atoms with Crippen LogP contribution in [-0.4, -0.2) is 23.0 Å². The number of hydrogen-bond acceptors (Lipinski definition) is 4. The minimum Gasteiger partial charge on any atom is -0.465 e. The van der Waals surface area contributed by atoms with Gasteiger partial charge >= 0.3 is 5.97 Å². The summed E-state index contributed by atoms with van der Waals surface area (Å²) in [6, 6.07) is 0. The lowest BCUT2D eigenvalue weighted by Crippen LogP contribution is -2.08. The van der Waals surface area contributed by atoms with Crippen LogP contribution >= 0.6 is 0 Å². The second kappa shape index (κ2) is 3.30. The van der Waals surface area contributed by atoms with Gasteiger partial charge < -0.3 is 4.74 Å². The molecule has 12 heavy (non-hydrogen) atoms. The molecule has 0 amide bonds. The third kappa shape index (κ3) is 1.42. The van der Waals surface area contributed by atoms with E-state index in [2.05, 4.69) is 14.7 Å². The first-order valence-corrected chi connectivity index (χ1v) is 3.03. The Labute approximate surface area is 79.0 Å². The number of methoxy groups -OCH3 is 1. The Morgan fingerprint density at radius 2 is 2.08 bits per heavy atom. The smallest absolute Gasteiger partial charge is 0.341 e. The maximum absolute atomic E-state index is 11.5. The van der Waals surface area contributed by atoms with E-state index in [0.717, 1.165) is 13.4 Å². The molecule has 0 aliphatic rings. The van der Waals surface area contributed by atoms with E-state index in [1.807, 2.05) is 0 Å². The van der Waals surface area contributed by atoms with Crippen LogP contribution in [0.15, 0.2) is 6.33 Å². The molecular weight excluding hydrogens is 156 g/mol. The number of aromatic nitrogens is 2. The molecule has 1 aromatic rings. The van der Waals surface area contributed by atoms with Gasteiger partial charge in [-0.05, 0) is 13.7 Å². The highest BCUT2D eigenvalue weighted by Gasteiger charge is 2.13. The van der Waals surface area contributed by atoms with Crippen molar-refractivity contribution in [1.29, 1.82) is 0 Å². The molecule has 1 heterocycles. The zero-order chi connectivity index (χ0) is 14.1. The van der Waals surface area contributed by atoms with Crippen LogP contribution < -0.4 is 0 Å². The molecule has 0 bridgehead atoms. The highest BCUT2D eigenvalue weighted by Crippen LogP contribution is 2.08. The van der Waals surface area contributed by atoms with Crippen LogP contribution in [0.25, 0.3) is 0 Å². The Morgan fingerprint density at radius 1 is 1.50 bits per heavy atom. The zero-order valence-corrected chi connectivity index (χ0v) is 6.29. The fraction of sp³-hybridized carbons (Fsp3) is 0.375. The van der Waals surface area contributed by atoms with Crippen molar-refractivity contribution >= 4 is 5.97 Å². The molecule has 64 valence electrons. The van der Waals surface area contributed by atoms with Crippen molar-refractivity contribution in [3.05, 3.63) is 23.3 Å². The summed E-state index contributed by atoms with van der Waals surface area (Å²) in [5.74, 6) is -1.09. The van der Waals surface area contributed by atoms with Gasteiger partial charge in [0.2, 0.25) is 0 Å². The average molecular weight is 172 g/mol. The first-order valence-electron chi connectivity index (χ1n) is 6.03. The zero-order valence-electron chi connectivity index (χ0n) is 12.3. The van der Waals surface area contributed by atoms with Crippen LogP contribution in [0.4, 0.5) is 0 Å². The topological polar surface area (TPSA) is 52.1 Å². The van der Waals surface area contributed by atoms with Gasteiger partial charge in [-0.25, -0.2) is 14.8 Å². The number of carbonyl (C=O) groups excluding carboxylic acids is 1. The summed E-state index contributed by atoms with van der Waals surface area (Å²) >= 11 is 0.